The van der Waals surface area contributed by atoms with Gasteiger partial charge in [0.1, 0.15) is 31.6 Å². The number of sulfonamides is 1. The van der Waals surface area contributed by atoms with Gasteiger partial charge in [0.05, 0.1) is 11.9 Å². The van der Waals surface area contributed by atoms with Gasteiger partial charge in [0, 0.05) is 18.2 Å². The average molecular weight is 536 g/mol. The number of carbonyl (C=O) groups excluding carboxylic acids is 2. The third-order valence-electron chi connectivity index (χ3n) is 5.64. The van der Waals surface area contributed by atoms with E-state index in [-0.39, 0.29) is 24.6 Å². The summed E-state index contributed by atoms with van der Waals surface area (Å²) in [6, 6.07) is 9.36. The average Bonchev–Trinajstić information content (AvgIpc) is 2.81. The fraction of sp³-hybridized carbons (Fsp3) is 0.462. The van der Waals surface area contributed by atoms with Crippen molar-refractivity contribution in [2.24, 2.45) is 0 Å². The van der Waals surface area contributed by atoms with E-state index in [4.69, 9.17) is 9.47 Å². The molecule has 3 rings (SSSR count). The maximum atomic E-state index is 13.7. The summed E-state index contributed by atoms with van der Waals surface area (Å²) < 4.78 is 51.1. The Kier molecular flexibility index (Phi) is 8.68. The molecule has 0 spiro atoms. The molecule has 1 aliphatic heterocycles. The second kappa shape index (κ2) is 11.4. The lowest BCUT2D eigenvalue weighted by Crippen LogP contribution is -2.55. The van der Waals surface area contributed by atoms with Crippen molar-refractivity contribution in [1.29, 1.82) is 0 Å². The molecule has 2 aromatic carbocycles. The quantitative estimate of drug-likeness (QED) is 0.529. The molecule has 11 heteroatoms. The number of nitrogens with one attached hydrogen (secondary N) is 1. The number of fused-ring (bicyclic) bond motifs is 1. The highest BCUT2D eigenvalue weighted by atomic mass is 32.2. The van der Waals surface area contributed by atoms with E-state index in [9.17, 15) is 22.4 Å². The van der Waals surface area contributed by atoms with Crippen LogP contribution in [0.25, 0.3) is 0 Å². The molecule has 202 valence electrons. The van der Waals surface area contributed by atoms with Crippen molar-refractivity contribution in [3.8, 4) is 11.5 Å². The molecular formula is C26H34FN3O6S. The number of benzene rings is 2. The van der Waals surface area contributed by atoms with Gasteiger partial charge in [-0.25, -0.2) is 12.8 Å². The molecule has 1 atom stereocenters. The van der Waals surface area contributed by atoms with E-state index in [0.717, 1.165) is 10.6 Å². The zero-order valence-electron chi connectivity index (χ0n) is 21.8. The fourth-order valence-corrected chi connectivity index (χ4v) is 4.80. The van der Waals surface area contributed by atoms with Crippen molar-refractivity contribution in [1.82, 2.24) is 10.2 Å². The minimum Gasteiger partial charge on any atom is -0.486 e. The zero-order valence-corrected chi connectivity index (χ0v) is 22.6. The van der Waals surface area contributed by atoms with Crippen molar-refractivity contribution < 1.29 is 31.9 Å². The normalized spacial score (nSPS) is 14.0. The van der Waals surface area contributed by atoms with Gasteiger partial charge >= 0.3 is 0 Å². The minimum absolute atomic E-state index is 0.00603. The van der Waals surface area contributed by atoms with Crippen LogP contribution in [0.3, 0.4) is 0 Å². The highest BCUT2D eigenvalue weighted by molar-refractivity contribution is 7.92. The highest BCUT2D eigenvalue weighted by Crippen LogP contribution is 2.34. The summed E-state index contributed by atoms with van der Waals surface area (Å²) in [7, 11) is -3.89. The van der Waals surface area contributed by atoms with Gasteiger partial charge in [0.25, 0.3) is 0 Å². The zero-order chi connectivity index (χ0) is 27.4. The first-order valence-electron chi connectivity index (χ1n) is 12.0. The first kappa shape index (κ1) is 28.2. The highest BCUT2D eigenvalue weighted by Gasteiger charge is 2.33. The second-order valence-electron chi connectivity index (χ2n) is 9.91. The molecule has 0 radical (unpaired) electrons. The number of amides is 2. The Morgan fingerprint density at radius 2 is 1.68 bits per heavy atom. The van der Waals surface area contributed by atoms with Gasteiger partial charge < -0.3 is 19.7 Å². The standard InChI is InChI=1S/C26H34FN3O6S/c1-6-21(25(32)28-26(2,3)4)29(16-18-7-9-19(27)10-8-18)24(31)17-30(37(5,33)34)20-11-12-22-23(15-20)36-14-13-35-22/h7-12,15,21H,6,13-14,16-17H2,1-5H3,(H,28,32)/t21-/m0/s1. The van der Waals surface area contributed by atoms with Gasteiger partial charge in [-0.1, -0.05) is 19.1 Å². The van der Waals surface area contributed by atoms with E-state index in [1.165, 1.54) is 41.3 Å². The van der Waals surface area contributed by atoms with E-state index in [1.807, 2.05) is 20.8 Å². The number of anilines is 1. The molecule has 0 saturated heterocycles. The predicted molar refractivity (Wildman–Crippen MR) is 139 cm³/mol. The molecule has 1 heterocycles. The molecule has 0 unspecified atom stereocenters. The van der Waals surface area contributed by atoms with Crippen molar-refractivity contribution in [2.45, 2.75) is 52.2 Å². The van der Waals surface area contributed by atoms with E-state index < -0.39 is 39.9 Å². The first-order chi connectivity index (χ1) is 17.3. The van der Waals surface area contributed by atoms with E-state index in [0.29, 0.717) is 30.3 Å². The van der Waals surface area contributed by atoms with Crippen molar-refractivity contribution in [3.05, 3.63) is 53.8 Å². The van der Waals surface area contributed by atoms with E-state index in [2.05, 4.69) is 5.32 Å². The molecule has 0 fully saturated rings. The number of carbonyl (C=O) groups is 2. The van der Waals surface area contributed by atoms with Crippen LogP contribution in [-0.4, -0.2) is 62.7 Å². The summed E-state index contributed by atoms with van der Waals surface area (Å²) in [4.78, 5) is 28.2. The molecule has 37 heavy (non-hydrogen) atoms. The van der Waals surface area contributed by atoms with E-state index in [1.54, 1.807) is 13.0 Å². The maximum Gasteiger partial charge on any atom is 0.244 e. The Morgan fingerprint density at radius 1 is 1.05 bits per heavy atom. The molecule has 0 aromatic heterocycles. The van der Waals surface area contributed by atoms with Crippen molar-refractivity contribution in [3.63, 3.8) is 0 Å². The Morgan fingerprint density at radius 3 is 2.24 bits per heavy atom. The maximum absolute atomic E-state index is 13.7. The number of hydrogen-bond acceptors (Lipinski definition) is 6. The van der Waals surface area contributed by atoms with Crippen LogP contribution in [0.15, 0.2) is 42.5 Å². The summed E-state index contributed by atoms with van der Waals surface area (Å²) in [5, 5.41) is 2.89. The van der Waals surface area contributed by atoms with Gasteiger partial charge in [-0.15, -0.1) is 0 Å². The third-order valence-corrected chi connectivity index (χ3v) is 6.78. The van der Waals surface area contributed by atoms with Crippen LogP contribution < -0.4 is 19.1 Å². The number of hydrogen-bond donors (Lipinski definition) is 1. The predicted octanol–water partition coefficient (Wildman–Crippen LogP) is 3.09. The van der Waals surface area contributed by atoms with Gasteiger partial charge in [0.2, 0.25) is 21.8 Å². The summed E-state index contributed by atoms with van der Waals surface area (Å²) in [5.41, 5.74) is 0.287. The van der Waals surface area contributed by atoms with Crippen LogP contribution >= 0.6 is 0 Å². The molecule has 2 amide bonds. The molecule has 0 aliphatic carbocycles. The summed E-state index contributed by atoms with van der Waals surface area (Å²) in [6.45, 7) is 7.42. The van der Waals surface area contributed by atoms with E-state index >= 15 is 0 Å². The Bertz CT molecular complexity index is 1230. The monoisotopic (exact) mass is 535 g/mol. The topological polar surface area (TPSA) is 105 Å². The molecular weight excluding hydrogens is 501 g/mol. The van der Waals surface area contributed by atoms with Gasteiger partial charge in [-0.05, 0) is 57.0 Å². The molecule has 2 aromatic rings. The Hall–Kier alpha value is -3.34. The number of rotatable bonds is 9. The van der Waals surface area contributed by atoms with Crippen LogP contribution in [0.4, 0.5) is 10.1 Å². The van der Waals surface area contributed by atoms with Crippen LogP contribution in [0.5, 0.6) is 11.5 Å². The molecule has 1 aliphatic rings. The van der Waals surface area contributed by atoms with Gasteiger partial charge in [-0.3, -0.25) is 13.9 Å². The van der Waals surface area contributed by atoms with Crippen LogP contribution in [0.2, 0.25) is 0 Å². The van der Waals surface area contributed by atoms with Gasteiger partial charge in [-0.2, -0.15) is 0 Å². The smallest absolute Gasteiger partial charge is 0.244 e. The summed E-state index contributed by atoms with van der Waals surface area (Å²) in [5.74, 6) is -0.515. The molecule has 9 nitrogen and oxygen atoms in total. The Balaban J connectivity index is 1.96. The third kappa shape index (κ3) is 7.58. The summed E-state index contributed by atoms with van der Waals surface area (Å²) >= 11 is 0. The lowest BCUT2D eigenvalue weighted by atomic mass is 10.1. The minimum atomic E-state index is -3.89. The largest absolute Gasteiger partial charge is 0.486 e. The summed E-state index contributed by atoms with van der Waals surface area (Å²) in [6.07, 6.45) is 1.29. The first-order valence-corrected chi connectivity index (χ1v) is 13.9. The van der Waals surface area contributed by atoms with Crippen molar-refractivity contribution in [2.75, 3.05) is 30.3 Å². The second-order valence-corrected chi connectivity index (χ2v) is 11.8. The fourth-order valence-electron chi connectivity index (χ4n) is 3.96. The van der Waals surface area contributed by atoms with Crippen LogP contribution in [0.1, 0.15) is 39.7 Å². The molecule has 1 N–H and O–H groups in total. The van der Waals surface area contributed by atoms with Gasteiger partial charge in [0.15, 0.2) is 11.5 Å². The molecule has 0 saturated carbocycles. The van der Waals surface area contributed by atoms with Crippen LogP contribution in [0, 0.1) is 5.82 Å². The lowest BCUT2D eigenvalue weighted by molar-refractivity contribution is -0.141. The van der Waals surface area contributed by atoms with Crippen molar-refractivity contribution >= 4 is 27.5 Å². The number of halogens is 1. The lowest BCUT2D eigenvalue weighted by Gasteiger charge is -2.34. The molecule has 0 bridgehead atoms. The number of ether oxygens (including phenoxy) is 2. The number of nitrogens with zero attached hydrogens (tertiary/aromatic N) is 2. The SMILES string of the molecule is CC[C@@H](C(=O)NC(C)(C)C)N(Cc1ccc(F)cc1)C(=O)CN(c1ccc2c(c1)OCCO2)S(C)(=O)=O. The Labute approximate surface area is 217 Å². The van der Waals surface area contributed by atoms with Crippen LogP contribution in [-0.2, 0) is 26.2 Å².